The van der Waals surface area contributed by atoms with E-state index in [2.05, 4.69) is 42.6 Å². The van der Waals surface area contributed by atoms with E-state index in [1.807, 2.05) is 18.2 Å². The third-order valence-corrected chi connectivity index (χ3v) is 4.05. The topological polar surface area (TPSA) is 111 Å². The van der Waals surface area contributed by atoms with Gasteiger partial charge >= 0.3 is 11.9 Å². The molecule has 0 saturated heterocycles. The second-order valence-electron chi connectivity index (χ2n) is 5.97. The van der Waals surface area contributed by atoms with Crippen molar-refractivity contribution in [2.24, 2.45) is 0 Å². The molecule has 0 spiro atoms. The highest BCUT2D eigenvalue weighted by molar-refractivity contribution is 6.32. The highest BCUT2D eigenvalue weighted by atomic mass is 16.5. The van der Waals surface area contributed by atoms with Crippen LogP contribution in [0.25, 0.3) is 11.0 Å². The Morgan fingerprint density at radius 2 is 1.96 bits per heavy atom. The standard InChI is InChI=1S/C19H22N6O3/c1-2-28-19(27)18(26)21-10-11-25-17-15(12-24-25)16(22-13-23-17)20-9-8-14-6-4-3-5-7-14/h3-7,12-13H,2,8-11H2,1H3,(H,21,26)(H,20,22,23). The fraction of sp³-hybridized carbons (Fsp3) is 0.316. The number of nitrogens with zero attached hydrogens (tertiary/aromatic N) is 4. The van der Waals surface area contributed by atoms with Crippen LogP contribution in [0.2, 0.25) is 0 Å². The van der Waals surface area contributed by atoms with Crippen molar-refractivity contribution in [2.45, 2.75) is 19.9 Å². The van der Waals surface area contributed by atoms with Gasteiger partial charge in [0.2, 0.25) is 0 Å². The lowest BCUT2D eigenvalue weighted by molar-refractivity contribution is -0.154. The zero-order chi connectivity index (χ0) is 19.8. The molecule has 9 heteroatoms. The van der Waals surface area contributed by atoms with E-state index in [9.17, 15) is 9.59 Å². The second kappa shape index (κ2) is 9.45. The van der Waals surface area contributed by atoms with E-state index < -0.39 is 11.9 Å². The average molecular weight is 382 g/mol. The highest BCUT2D eigenvalue weighted by Gasteiger charge is 2.14. The van der Waals surface area contributed by atoms with Gasteiger partial charge in [0.05, 0.1) is 24.7 Å². The van der Waals surface area contributed by atoms with Crippen LogP contribution >= 0.6 is 0 Å². The third-order valence-electron chi connectivity index (χ3n) is 4.05. The number of amides is 1. The van der Waals surface area contributed by atoms with Crippen molar-refractivity contribution in [3.8, 4) is 0 Å². The van der Waals surface area contributed by atoms with Crippen LogP contribution in [0.3, 0.4) is 0 Å². The summed E-state index contributed by atoms with van der Waals surface area (Å²) in [7, 11) is 0. The van der Waals surface area contributed by atoms with Gasteiger partial charge in [0, 0.05) is 13.1 Å². The van der Waals surface area contributed by atoms with E-state index in [4.69, 9.17) is 0 Å². The highest BCUT2D eigenvalue weighted by Crippen LogP contribution is 2.18. The van der Waals surface area contributed by atoms with Gasteiger partial charge in [-0.2, -0.15) is 5.10 Å². The summed E-state index contributed by atoms with van der Waals surface area (Å²) in [4.78, 5) is 31.4. The van der Waals surface area contributed by atoms with Gasteiger partial charge in [-0.1, -0.05) is 30.3 Å². The third kappa shape index (κ3) is 4.81. The molecular formula is C19H22N6O3. The van der Waals surface area contributed by atoms with Crippen molar-refractivity contribution in [1.82, 2.24) is 25.1 Å². The van der Waals surface area contributed by atoms with Crippen LogP contribution in [0.15, 0.2) is 42.9 Å². The molecule has 146 valence electrons. The monoisotopic (exact) mass is 382 g/mol. The smallest absolute Gasteiger partial charge is 0.396 e. The first kappa shape index (κ1) is 19.3. The summed E-state index contributed by atoms with van der Waals surface area (Å²) in [6.45, 7) is 3.14. The summed E-state index contributed by atoms with van der Waals surface area (Å²) in [5.41, 5.74) is 1.90. The Morgan fingerprint density at radius 3 is 2.75 bits per heavy atom. The number of benzene rings is 1. The summed E-state index contributed by atoms with van der Waals surface area (Å²) in [5, 5.41) is 10.9. The zero-order valence-corrected chi connectivity index (χ0v) is 15.6. The molecule has 0 aliphatic heterocycles. The van der Waals surface area contributed by atoms with Gasteiger partial charge in [0.15, 0.2) is 5.65 Å². The summed E-state index contributed by atoms with van der Waals surface area (Å²) < 4.78 is 6.30. The molecule has 2 heterocycles. The molecule has 3 aromatic rings. The molecular weight excluding hydrogens is 360 g/mol. The molecule has 0 fully saturated rings. The van der Waals surface area contributed by atoms with E-state index in [1.165, 1.54) is 11.9 Å². The first-order valence-electron chi connectivity index (χ1n) is 9.08. The Morgan fingerprint density at radius 1 is 1.14 bits per heavy atom. The Labute approximate surface area is 162 Å². The van der Waals surface area contributed by atoms with Gasteiger partial charge in [-0.05, 0) is 18.9 Å². The summed E-state index contributed by atoms with van der Waals surface area (Å²) in [6.07, 6.45) is 4.04. The van der Waals surface area contributed by atoms with Gasteiger partial charge in [-0.15, -0.1) is 0 Å². The van der Waals surface area contributed by atoms with Gasteiger partial charge in [0.1, 0.15) is 12.1 Å². The minimum Gasteiger partial charge on any atom is -0.459 e. The SMILES string of the molecule is CCOC(=O)C(=O)NCCn1ncc2c(NCCc3ccccc3)ncnc21. The van der Waals surface area contributed by atoms with Gasteiger partial charge in [-0.3, -0.25) is 4.79 Å². The summed E-state index contributed by atoms with van der Waals surface area (Å²) in [5.74, 6) is -0.945. The lowest BCUT2D eigenvalue weighted by Crippen LogP contribution is -2.34. The number of nitrogens with one attached hydrogen (secondary N) is 2. The predicted octanol–water partition coefficient (Wildman–Crippen LogP) is 1.16. The van der Waals surface area contributed by atoms with E-state index in [-0.39, 0.29) is 13.2 Å². The molecule has 0 unspecified atom stereocenters. The quantitative estimate of drug-likeness (QED) is 0.444. The van der Waals surface area contributed by atoms with Crippen LogP contribution < -0.4 is 10.6 Å². The predicted molar refractivity (Wildman–Crippen MR) is 104 cm³/mol. The molecule has 0 saturated carbocycles. The Bertz CT molecular complexity index is 941. The number of carbonyl (C=O) groups excluding carboxylic acids is 2. The van der Waals surface area contributed by atoms with Crippen LogP contribution in [0, 0.1) is 0 Å². The number of anilines is 1. The molecule has 9 nitrogen and oxygen atoms in total. The van der Waals surface area contributed by atoms with E-state index in [0.29, 0.717) is 18.0 Å². The summed E-state index contributed by atoms with van der Waals surface area (Å²) >= 11 is 0. The van der Waals surface area contributed by atoms with Crippen LogP contribution in [-0.4, -0.2) is 51.3 Å². The summed E-state index contributed by atoms with van der Waals surface area (Å²) in [6, 6.07) is 10.2. The molecule has 28 heavy (non-hydrogen) atoms. The molecule has 0 atom stereocenters. The van der Waals surface area contributed by atoms with Crippen LogP contribution in [0.1, 0.15) is 12.5 Å². The molecule has 0 aliphatic rings. The maximum Gasteiger partial charge on any atom is 0.396 e. The molecule has 1 aromatic carbocycles. The van der Waals surface area contributed by atoms with Crippen molar-refractivity contribution in [1.29, 1.82) is 0 Å². The van der Waals surface area contributed by atoms with Gasteiger partial charge in [0.25, 0.3) is 0 Å². The maximum atomic E-state index is 11.6. The molecule has 0 aliphatic carbocycles. The van der Waals surface area contributed by atoms with Crippen LogP contribution in [0.5, 0.6) is 0 Å². The number of hydrogen-bond donors (Lipinski definition) is 2. The Kier molecular flexibility index (Phi) is 6.50. The van der Waals surface area contributed by atoms with E-state index in [0.717, 1.165) is 18.4 Å². The van der Waals surface area contributed by atoms with Crippen molar-refractivity contribution in [2.75, 3.05) is 25.0 Å². The van der Waals surface area contributed by atoms with Crippen molar-refractivity contribution >= 4 is 28.7 Å². The lowest BCUT2D eigenvalue weighted by atomic mass is 10.1. The number of carbonyl (C=O) groups is 2. The van der Waals surface area contributed by atoms with Crippen molar-refractivity contribution in [3.63, 3.8) is 0 Å². The van der Waals surface area contributed by atoms with E-state index in [1.54, 1.807) is 17.8 Å². The number of aromatic nitrogens is 4. The van der Waals surface area contributed by atoms with Gasteiger partial charge < -0.3 is 15.4 Å². The second-order valence-corrected chi connectivity index (χ2v) is 5.97. The van der Waals surface area contributed by atoms with Gasteiger partial charge in [-0.25, -0.2) is 19.4 Å². The molecule has 3 rings (SSSR count). The minimum absolute atomic E-state index is 0.160. The Balaban J connectivity index is 1.58. The molecule has 2 aromatic heterocycles. The fourth-order valence-corrected chi connectivity index (χ4v) is 2.71. The number of fused-ring (bicyclic) bond motifs is 1. The number of esters is 1. The first-order valence-corrected chi connectivity index (χ1v) is 9.08. The molecule has 0 radical (unpaired) electrons. The number of hydrogen-bond acceptors (Lipinski definition) is 7. The van der Waals surface area contributed by atoms with Crippen molar-refractivity contribution < 1.29 is 14.3 Å². The minimum atomic E-state index is -0.889. The Hall–Kier alpha value is -3.49. The number of rotatable bonds is 8. The fourth-order valence-electron chi connectivity index (χ4n) is 2.71. The van der Waals surface area contributed by atoms with Crippen molar-refractivity contribution in [3.05, 3.63) is 48.4 Å². The average Bonchev–Trinajstić information content (AvgIpc) is 3.13. The largest absolute Gasteiger partial charge is 0.459 e. The normalized spacial score (nSPS) is 10.6. The van der Waals surface area contributed by atoms with Crippen LogP contribution in [0.4, 0.5) is 5.82 Å². The molecule has 1 amide bonds. The zero-order valence-electron chi connectivity index (χ0n) is 15.6. The maximum absolute atomic E-state index is 11.6. The number of ether oxygens (including phenoxy) is 1. The molecule has 2 N–H and O–H groups in total. The van der Waals surface area contributed by atoms with E-state index >= 15 is 0 Å². The van der Waals surface area contributed by atoms with Crippen LogP contribution in [-0.2, 0) is 27.3 Å². The lowest BCUT2D eigenvalue weighted by Gasteiger charge is -2.07. The first-order chi connectivity index (χ1) is 13.7. The molecule has 0 bridgehead atoms.